The van der Waals surface area contributed by atoms with Crippen molar-refractivity contribution in [2.75, 3.05) is 13.2 Å². The molecule has 0 N–H and O–H groups in total. The molecule has 0 aromatic carbocycles. The fraction of sp³-hybridized carbons (Fsp3) is 1.00. The monoisotopic (exact) mass is 254 g/mol. The minimum absolute atomic E-state index is 0.107. The van der Waals surface area contributed by atoms with Crippen LogP contribution in [0.2, 0.25) is 0 Å². The Labute approximate surface area is 112 Å². The maximum absolute atomic E-state index is 6.29. The molecule has 3 aliphatic heterocycles. The quantitative estimate of drug-likeness (QED) is 0.741. The van der Waals surface area contributed by atoms with Gasteiger partial charge in [-0.15, -0.1) is 0 Å². The Morgan fingerprint density at radius 1 is 0.833 bits per heavy atom. The lowest BCUT2D eigenvalue weighted by Gasteiger charge is -2.62. The predicted octanol–water partition coefficient (Wildman–Crippen LogP) is 4.38. The fourth-order valence-corrected chi connectivity index (χ4v) is 3.39. The summed E-state index contributed by atoms with van der Waals surface area (Å²) in [5.41, 5.74) is 0.638. The molecule has 3 aliphatic rings. The summed E-state index contributed by atoms with van der Waals surface area (Å²) >= 11 is 0. The summed E-state index contributed by atoms with van der Waals surface area (Å²) < 4.78 is 12.6. The molecule has 18 heavy (non-hydrogen) atoms. The van der Waals surface area contributed by atoms with Gasteiger partial charge in [-0.1, -0.05) is 48.0 Å². The number of hydrogen-bond donors (Lipinski definition) is 0. The molecule has 3 fully saturated rings. The smallest absolute Gasteiger partial charge is 0.173 e. The number of hydrogen-bond acceptors (Lipinski definition) is 2. The highest BCUT2D eigenvalue weighted by atomic mass is 16.7. The van der Waals surface area contributed by atoms with Gasteiger partial charge in [0.05, 0.1) is 13.2 Å². The molecule has 0 aromatic heterocycles. The molecular formula is C16H30O2. The predicted molar refractivity (Wildman–Crippen MR) is 74.4 cm³/mol. The van der Waals surface area contributed by atoms with Crippen LogP contribution < -0.4 is 0 Å². The van der Waals surface area contributed by atoms with Crippen molar-refractivity contribution in [2.45, 2.75) is 73.0 Å². The molecule has 0 radical (unpaired) electrons. The first-order valence-corrected chi connectivity index (χ1v) is 7.52. The third-order valence-electron chi connectivity index (χ3n) is 6.33. The van der Waals surface area contributed by atoms with Gasteiger partial charge in [-0.05, 0) is 18.3 Å². The molecule has 3 saturated heterocycles. The van der Waals surface area contributed by atoms with Crippen molar-refractivity contribution in [1.82, 2.24) is 0 Å². The Bertz CT molecular complexity index is 261. The molecule has 3 heterocycles. The van der Waals surface area contributed by atoms with Gasteiger partial charge in [0.2, 0.25) is 0 Å². The molecule has 0 amide bonds. The highest BCUT2D eigenvalue weighted by molar-refractivity contribution is 5.04. The SMILES string of the molecule is CCC(C)(C)C12CCC(C(C)(C)CC)(OC1)OC2. The lowest BCUT2D eigenvalue weighted by Crippen LogP contribution is -2.65. The number of ether oxygens (including phenoxy) is 2. The molecule has 3 rings (SSSR count). The van der Waals surface area contributed by atoms with Gasteiger partial charge < -0.3 is 9.47 Å². The van der Waals surface area contributed by atoms with Gasteiger partial charge in [-0.2, -0.15) is 0 Å². The molecular weight excluding hydrogens is 224 g/mol. The summed E-state index contributed by atoms with van der Waals surface area (Å²) in [6, 6.07) is 0. The Morgan fingerprint density at radius 2 is 1.33 bits per heavy atom. The van der Waals surface area contributed by atoms with E-state index in [4.69, 9.17) is 9.47 Å². The molecule has 0 aliphatic carbocycles. The summed E-state index contributed by atoms with van der Waals surface area (Å²) in [6.07, 6.45) is 4.58. The first-order chi connectivity index (χ1) is 8.24. The number of rotatable bonds is 4. The van der Waals surface area contributed by atoms with Crippen LogP contribution in [0.4, 0.5) is 0 Å². The van der Waals surface area contributed by atoms with Crippen LogP contribution in [-0.2, 0) is 9.47 Å². The van der Waals surface area contributed by atoms with Crippen molar-refractivity contribution in [1.29, 1.82) is 0 Å². The van der Waals surface area contributed by atoms with Crippen LogP contribution in [-0.4, -0.2) is 19.0 Å². The average molecular weight is 254 g/mol. The molecule has 0 spiro atoms. The Hall–Kier alpha value is -0.0800. The summed E-state index contributed by atoms with van der Waals surface area (Å²) in [5.74, 6) is -0.326. The Morgan fingerprint density at radius 3 is 1.67 bits per heavy atom. The third-order valence-corrected chi connectivity index (χ3v) is 6.33. The molecule has 0 saturated carbocycles. The Kier molecular flexibility index (Phi) is 3.35. The molecule has 2 bridgehead atoms. The molecule has 0 aromatic rings. The van der Waals surface area contributed by atoms with Crippen molar-refractivity contribution in [2.24, 2.45) is 16.2 Å². The minimum atomic E-state index is -0.326. The van der Waals surface area contributed by atoms with Gasteiger partial charge in [0.25, 0.3) is 0 Å². The average Bonchev–Trinajstić information content (AvgIpc) is 2.40. The zero-order chi connectivity index (χ0) is 13.7. The zero-order valence-corrected chi connectivity index (χ0v) is 13.1. The van der Waals surface area contributed by atoms with Crippen LogP contribution in [0.15, 0.2) is 0 Å². The van der Waals surface area contributed by atoms with Crippen LogP contribution in [0.25, 0.3) is 0 Å². The maximum Gasteiger partial charge on any atom is 0.173 e. The molecule has 0 unspecified atom stereocenters. The van der Waals surface area contributed by atoms with Crippen molar-refractivity contribution >= 4 is 0 Å². The van der Waals surface area contributed by atoms with Crippen molar-refractivity contribution in [3.63, 3.8) is 0 Å². The second kappa shape index (κ2) is 4.21. The standard InChI is InChI=1S/C16H30O2/c1-7-13(3,4)15-9-10-16(17-11-15,18-12-15)14(5,6)8-2/h7-12H2,1-6H3. The fourth-order valence-electron chi connectivity index (χ4n) is 3.39. The lowest BCUT2D eigenvalue weighted by atomic mass is 9.58. The van der Waals surface area contributed by atoms with E-state index >= 15 is 0 Å². The van der Waals surface area contributed by atoms with Gasteiger partial charge in [0.15, 0.2) is 5.79 Å². The minimum Gasteiger partial charge on any atom is -0.349 e. The van der Waals surface area contributed by atoms with E-state index in [1.807, 2.05) is 0 Å². The van der Waals surface area contributed by atoms with Crippen molar-refractivity contribution in [3.05, 3.63) is 0 Å². The third kappa shape index (κ3) is 1.76. The second-order valence-corrected chi connectivity index (χ2v) is 7.59. The van der Waals surface area contributed by atoms with Gasteiger partial charge in [0, 0.05) is 17.3 Å². The lowest BCUT2D eigenvalue weighted by molar-refractivity contribution is -0.393. The van der Waals surface area contributed by atoms with Crippen LogP contribution in [0, 0.1) is 16.2 Å². The van der Waals surface area contributed by atoms with Gasteiger partial charge >= 0.3 is 0 Å². The summed E-state index contributed by atoms with van der Waals surface area (Å²) in [6.45, 7) is 15.5. The van der Waals surface area contributed by atoms with E-state index in [0.29, 0.717) is 5.41 Å². The summed E-state index contributed by atoms with van der Waals surface area (Å²) in [7, 11) is 0. The van der Waals surface area contributed by atoms with E-state index < -0.39 is 0 Å². The van der Waals surface area contributed by atoms with Gasteiger partial charge in [0.1, 0.15) is 0 Å². The maximum atomic E-state index is 6.29. The van der Waals surface area contributed by atoms with E-state index in [9.17, 15) is 0 Å². The first kappa shape index (κ1) is 14.3. The molecule has 2 nitrogen and oxygen atoms in total. The highest BCUT2D eigenvalue weighted by Crippen LogP contribution is 2.58. The van der Waals surface area contributed by atoms with Crippen LogP contribution in [0.3, 0.4) is 0 Å². The normalized spacial score (nSPS) is 37.0. The molecule has 2 heteroatoms. The van der Waals surface area contributed by atoms with Crippen LogP contribution in [0.1, 0.15) is 67.2 Å². The van der Waals surface area contributed by atoms with E-state index in [0.717, 1.165) is 26.1 Å². The molecule has 106 valence electrons. The highest BCUT2D eigenvalue weighted by Gasteiger charge is 2.60. The molecule has 0 atom stereocenters. The van der Waals surface area contributed by atoms with Crippen molar-refractivity contribution < 1.29 is 9.47 Å². The van der Waals surface area contributed by atoms with Crippen molar-refractivity contribution in [3.8, 4) is 0 Å². The summed E-state index contributed by atoms with van der Waals surface area (Å²) in [4.78, 5) is 0. The second-order valence-electron chi connectivity index (χ2n) is 7.59. The van der Waals surface area contributed by atoms with E-state index in [-0.39, 0.29) is 16.6 Å². The largest absolute Gasteiger partial charge is 0.349 e. The summed E-state index contributed by atoms with van der Waals surface area (Å²) in [5, 5.41) is 0. The topological polar surface area (TPSA) is 18.5 Å². The zero-order valence-electron chi connectivity index (χ0n) is 13.1. The Balaban J connectivity index is 2.21. The van der Waals surface area contributed by atoms with E-state index in [1.165, 1.54) is 12.8 Å². The van der Waals surface area contributed by atoms with Crippen LogP contribution in [0.5, 0.6) is 0 Å². The van der Waals surface area contributed by atoms with Crippen LogP contribution >= 0.6 is 0 Å². The number of fused-ring (bicyclic) bond motifs is 3. The van der Waals surface area contributed by atoms with Gasteiger partial charge in [-0.3, -0.25) is 0 Å². The first-order valence-electron chi connectivity index (χ1n) is 7.52. The van der Waals surface area contributed by atoms with E-state index in [1.54, 1.807) is 0 Å². The van der Waals surface area contributed by atoms with Gasteiger partial charge in [-0.25, -0.2) is 0 Å². The van der Waals surface area contributed by atoms with E-state index in [2.05, 4.69) is 41.5 Å².